The molecule has 0 heterocycles. The molecule has 0 amide bonds. The summed E-state index contributed by atoms with van der Waals surface area (Å²) in [6.07, 6.45) is 12.2. The van der Waals surface area contributed by atoms with Gasteiger partial charge in [-0.25, -0.2) is 8.78 Å². The summed E-state index contributed by atoms with van der Waals surface area (Å²) < 4.78 is 28.0. The van der Waals surface area contributed by atoms with Gasteiger partial charge in [-0.05, 0) is 74.3 Å². The molecule has 0 radical (unpaired) electrons. The zero-order valence-corrected chi connectivity index (χ0v) is 16.3. The summed E-state index contributed by atoms with van der Waals surface area (Å²) >= 11 is 0. The largest absolute Gasteiger partial charge is 0.203 e. The number of halogens is 2. The number of rotatable bonds is 3. The molecule has 0 aliphatic heterocycles. The van der Waals surface area contributed by atoms with Crippen LogP contribution in [-0.4, -0.2) is 0 Å². The van der Waals surface area contributed by atoms with Gasteiger partial charge in [-0.2, -0.15) is 0 Å². The SMILES string of the molecule is CCc1ccc(C#CC2CCC(C3CCC(CC)CC3)CC2)c(F)c1F. The second-order valence-corrected chi connectivity index (χ2v) is 8.32. The lowest BCUT2D eigenvalue weighted by atomic mass is 9.69. The van der Waals surface area contributed by atoms with E-state index in [9.17, 15) is 8.78 Å². The average molecular weight is 359 g/mol. The predicted octanol–water partition coefficient (Wildman–Crippen LogP) is 6.90. The Hall–Kier alpha value is -1.36. The highest BCUT2D eigenvalue weighted by molar-refractivity contribution is 5.39. The first-order chi connectivity index (χ1) is 12.6. The van der Waals surface area contributed by atoms with Crippen molar-refractivity contribution in [1.82, 2.24) is 0 Å². The van der Waals surface area contributed by atoms with Gasteiger partial charge in [0.05, 0.1) is 5.56 Å². The molecule has 0 bridgehead atoms. The van der Waals surface area contributed by atoms with Gasteiger partial charge in [-0.1, -0.05) is 51.0 Å². The van der Waals surface area contributed by atoms with Crippen LogP contribution in [0, 0.1) is 47.1 Å². The van der Waals surface area contributed by atoms with E-state index in [-0.39, 0.29) is 5.56 Å². The molecular weight excluding hydrogens is 326 g/mol. The normalized spacial score (nSPS) is 29.1. The molecule has 2 aliphatic rings. The third-order valence-corrected chi connectivity index (χ3v) is 6.86. The van der Waals surface area contributed by atoms with Crippen LogP contribution >= 0.6 is 0 Å². The molecule has 0 unspecified atom stereocenters. The van der Waals surface area contributed by atoms with Crippen molar-refractivity contribution in [2.24, 2.45) is 23.7 Å². The van der Waals surface area contributed by atoms with Crippen molar-refractivity contribution in [2.45, 2.75) is 78.1 Å². The maximum Gasteiger partial charge on any atom is 0.174 e. The third-order valence-electron chi connectivity index (χ3n) is 6.86. The van der Waals surface area contributed by atoms with Gasteiger partial charge in [0.15, 0.2) is 11.6 Å². The van der Waals surface area contributed by atoms with Gasteiger partial charge in [0, 0.05) is 5.92 Å². The van der Waals surface area contributed by atoms with Gasteiger partial charge in [0.25, 0.3) is 0 Å². The van der Waals surface area contributed by atoms with Crippen molar-refractivity contribution < 1.29 is 8.78 Å². The van der Waals surface area contributed by atoms with Crippen LogP contribution in [0.2, 0.25) is 0 Å². The van der Waals surface area contributed by atoms with E-state index < -0.39 is 11.6 Å². The van der Waals surface area contributed by atoms with Crippen molar-refractivity contribution in [3.8, 4) is 11.8 Å². The maximum atomic E-state index is 14.1. The Morgan fingerprint density at radius 2 is 1.46 bits per heavy atom. The predicted molar refractivity (Wildman–Crippen MR) is 104 cm³/mol. The fraction of sp³-hybridized carbons (Fsp3) is 0.667. The number of benzene rings is 1. The second-order valence-electron chi connectivity index (χ2n) is 8.32. The van der Waals surface area contributed by atoms with E-state index in [1.165, 1.54) is 44.9 Å². The number of hydrogen-bond acceptors (Lipinski definition) is 0. The monoisotopic (exact) mass is 358 g/mol. The highest BCUT2D eigenvalue weighted by atomic mass is 19.2. The molecule has 0 spiro atoms. The zero-order valence-electron chi connectivity index (χ0n) is 16.3. The van der Waals surface area contributed by atoms with Crippen molar-refractivity contribution in [3.05, 3.63) is 34.9 Å². The average Bonchev–Trinajstić information content (AvgIpc) is 2.70. The Morgan fingerprint density at radius 1 is 0.846 bits per heavy atom. The fourth-order valence-corrected chi connectivity index (χ4v) is 4.94. The first-order valence-electron chi connectivity index (χ1n) is 10.6. The summed E-state index contributed by atoms with van der Waals surface area (Å²) in [5.74, 6) is 7.72. The van der Waals surface area contributed by atoms with Gasteiger partial charge in [0.1, 0.15) is 0 Å². The molecule has 0 nitrogen and oxygen atoms in total. The molecule has 0 N–H and O–H groups in total. The van der Waals surface area contributed by atoms with E-state index in [2.05, 4.69) is 18.8 Å². The molecule has 142 valence electrons. The van der Waals surface area contributed by atoms with Crippen molar-refractivity contribution in [1.29, 1.82) is 0 Å². The summed E-state index contributed by atoms with van der Waals surface area (Å²) in [4.78, 5) is 0. The Kier molecular flexibility index (Phi) is 6.74. The maximum absolute atomic E-state index is 14.1. The lowest BCUT2D eigenvalue weighted by Gasteiger charge is -2.36. The van der Waals surface area contributed by atoms with Crippen LogP contribution in [0.25, 0.3) is 0 Å². The smallest absolute Gasteiger partial charge is 0.174 e. The second kappa shape index (κ2) is 9.03. The molecule has 26 heavy (non-hydrogen) atoms. The van der Waals surface area contributed by atoms with E-state index in [1.807, 2.05) is 6.92 Å². The Morgan fingerprint density at radius 3 is 2.04 bits per heavy atom. The van der Waals surface area contributed by atoms with Crippen LogP contribution in [0.5, 0.6) is 0 Å². The minimum absolute atomic E-state index is 0.208. The van der Waals surface area contributed by atoms with Crippen molar-refractivity contribution in [3.63, 3.8) is 0 Å². The van der Waals surface area contributed by atoms with E-state index >= 15 is 0 Å². The summed E-state index contributed by atoms with van der Waals surface area (Å²) in [7, 11) is 0. The molecule has 2 heteroatoms. The summed E-state index contributed by atoms with van der Waals surface area (Å²) in [6, 6.07) is 3.29. The van der Waals surface area contributed by atoms with Crippen molar-refractivity contribution in [2.75, 3.05) is 0 Å². The molecular formula is C24H32F2. The topological polar surface area (TPSA) is 0 Å². The van der Waals surface area contributed by atoms with Crippen molar-refractivity contribution >= 4 is 0 Å². The van der Waals surface area contributed by atoms with Gasteiger partial charge >= 0.3 is 0 Å². The number of hydrogen-bond donors (Lipinski definition) is 0. The molecule has 0 atom stereocenters. The van der Waals surface area contributed by atoms with E-state index in [4.69, 9.17) is 0 Å². The standard InChI is InChI=1S/C24H32F2/c1-3-17-5-10-20(11-6-17)21-12-7-18(8-13-21)9-14-22-16-15-19(4-2)23(25)24(22)26/h15-18,20-21H,3-8,10-13H2,1-2H3. The lowest BCUT2D eigenvalue weighted by Crippen LogP contribution is -2.25. The molecule has 2 fully saturated rings. The Labute approximate surface area is 157 Å². The highest BCUT2D eigenvalue weighted by Gasteiger charge is 2.30. The molecule has 0 saturated heterocycles. The van der Waals surface area contributed by atoms with Crippen LogP contribution in [0.1, 0.15) is 82.8 Å². The highest BCUT2D eigenvalue weighted by Crippen LogP contribution is 2.41. The first-order valence-corrected chi connectivity index (χ1v) is 10.6. The molecule has 3 rings (SSSR count). The quantitative estimate of drug-likeness (QED) is 0.515. The van der Waals surface area contributed by atoms with Gasteiger partial charge < -0.3 is 0 Å². The summed E-state index contributed by atoms with van der Waals surface area (Å²) in [6.45, 7) is 4.15. The van der Waals surface area contributed by atoms with Crippen LogP contribution in [0.15, 0.2) is 12.1 Å². The summed E-state index contributed by atoms with van der Waals surface area (Å²) in [5.41, 5.74) is 0.631. The van der Waals surface area contributed by atoms with Gasteiger partial charge in [-0.3, -0.25) is 0 Å². The van der Waals surface area contributed by atoms with Crippen LogP contribution in [0.4, 0.5) is 8.78 Å². The Balaban J connectivity index is 1.54. The van der Waals surface area contributed by atoms with Crippen LogP contribution in [0.3, 0.4) is 0 Å². The molecule has 1 aromatic rings. The minimum atomic E-state index is -0.779. The van der Waals surface area contributed by atoms with E-state index in [0.29, 0.717) is 17.9 Å². The molecule has 0 aromatic heterocycles. The van der Waals surface area contributed by atoms with Crippen LogP contribution in [-0.2, 0) is 6.42 Å². The first kappa shape index (κ1) is 19.4. The molecule has 2 aliphatic carbocycles. The van der Waals surface area contributed by atoms with Gasteiger partial charge in [-0.15, -0.1) is 0 Å². The van der Waals surface area contributed by atoms with E-state index in [1.54, 1.807) is 12.1 Å². The van der Waals surface area contributed by atoms with E-state index in [0.717, 1.165) is 30.6 Å². The molecule has 2 saturated carbocycles. The molecule has 1 aromatic carbocycles. The zero-order chi connectivity index (χ0) is 18.5. The Bertz CT molecular complexity index is 651. The third kappa shape index (κ3) is 4.48. The van der Waals surface area contributed by atoms with Gasteiger partial charge in [0.2, 0.25) is 0 Å². The lowest BCUT2D eigenvalue weighted by molar-refractivity contribution is 0.156. The number of aryl methyl sites for hydroxylation is 1. The minimum Gasteiger partial charge on any atom is -0.203 e. The van der Waals surface area contributed by atoms with Crippen LogP contribution < -0.4 is 0 Å². The fourth-order valence-electron chi connectivity index (χ4n) is 4.94. The summed E-state index contributed by atoms with van der Waals surface area (Å²) in [5, 5.41) is 0.